The van der Waals surface area contributed by atoms with Crippen LogP contribution >= 0.6 is 11.3 Å². The molecular formula is C13H13N3S. The Morgan fingerprint density at radius 1 is 1.41 bits per heavy atom. The highest BCUT2D eigenvalue weighted by Crippen LogP contribution is 2.13. The fraction of sp³-hybridized carbons (Fsp3) is 0.231. The number of rotatable bonds is 4. The first-order valence-corrected chi connectivity index (χ1v) is 6.27. The minimum Gasteiger partial charge on any atom is -0.359 e. The lowest BCUT2D eigenvalue weighted by molar-refractivity contribution is 0.869. The Morgan fingerprint density at radius 2 is 2.29 bits per heavy atom. The van der Waals surface area contributed by atoms with Gasteiger partial charge in [0.1, 0.15) is 11.9 Å². The van der Waals surface area contributed by atoms with Crippen LogP contribution in [0, 0.1) is 11.3 Å². The normalized spacial score (nSPS) is 9.88. The van der Waals surface area contributed by atoms with Crippen molar-refractivity contribution in [3.63, 3.8) is 0 Å². The molecule has 4 heteroatoms. The van der Waals surface area contributed by atoms with Crippen LogP contribution in [0.5, 0.6) is 0 Å². The van der Waals surface area contributed by atoms with Crippen LogP contribution in [0.3, 0.4) is 0 Å². The van der Waals surface area contributed by atoms with Crippen molar-refractivity contribution in [1.82, 2.24) is 4.98 Å². The molecule has 0 fully saturated rings. The average molecular weight is 243 g/mol. The van der Waals surface area contributed by atoms with Crippen molar-refractivity contribution in [3.8, 4) is 6.07 Å². The van der Waals surface area contributed by atoms with Crippen molar-refractivity contribution in [1.29, 1.82) is 5.26 Å². The van der Waals surface area contributed by atoms with Crippen LogP contribution in [0.4, 0.5) is 5.82 Å². The zero-order valence-electron chi connectivity index (χ0n) is 9.63. The predicted molar refractivity (Wildman–Crippen MR) is 70.2 cm³/mol. The molecule has 0 amide bonds. The third-order valence-electron chi connectivity index (χ3n) is 2.54. The summed E-state index contributed by atoms with van der Waals surface area (Å²) in [6, 6.07) is 9.96. The number of hydrogen-bond acceptors (Lipinski definition) is 4. The molecule has 0 aliphatic carbocycles. The summed E-state index contributed by atoms with van der Waals surface area (Å²) in [7, 11) is 2.02. The summed E-state index contributed by atoms with van der Waals surface area (Å²) >= 11 is 1.78. The van der Waals surface area contributed by atoms with Crippen molar-refractivity contribution < 1.29 is 0 Å². The van der Waals surface area contributed by atoms with Gasteiger partial charge >= 0.3 is 0 Å². The van der Waals surface area contributed by atoms with E-state index in [0.717, 1.165) is 18.8 Å². The molecule has 2 rings (SSSR count). The zero-order chi connectivity index (χ0) is 12.1. The van der Waals surface area contributed by atoms with Crippen molar-refractivity contribution >= 4 is 17.2 Å². The first kappa shape index (κ1) is 11.6. The quantitative estimate of drug-likeness (QED) is 0.829. The second kappa shape index (κ2) is 5.46. The van der Waals surface area contributed by atoms with Crippen molar-refractivity contribution in [2.75, 3.05) is 18.5 Å². The topological polar surface area (TPSA) is 39.9 Å². The Bertz CT molecular complexity index is 496. The number of nitrogens with zero attached hydrogens (tertiary/aromatic N) is 3. The fourth-order valence-electron chi connectivity index (χ4n) is 1.53. The first-order chi connectivity index (χ1) is 8.29. The molecule has 3 nitrogen and oxygen atoms in total. The highest BCUT2D eigenvalue weighted by Gasteiger charge is 2.03. The molecular weight excluding hydrogens is 230 g/mol. The van der Waals surface area contributed by atoms with Gasteiger partial charge in [-0.25, -0.2) is 4.98 Å². The van der Waals surface area contributed by atoms with E-state index in [1.807, 2.05) is 13.1 Å². The van der Waals surface area contributed by atoms with Crippen molar-refractivity contribution in [3.05, 3.63) is 46.3 Å². The van der Waals surface area contributed by atoms with Gasteiger partial charge in [-0.3, -0.25) is 0 Å². The summed E-state index contributed by atoms with van der Waals surface area (Å²) in [6.07, 6.45) is 2.63. The molecule has 0 atom stereocenters. The van der Waals surface area contributed by atoms with Gasteiger partial charge in [-0.05, 0) is 30.0 Å². The van der Waals surface area contributed by atoms with E-state index in [2.05, 4.69) is 33.5 Å². The van der Waals surface area contributed by atoms with Crippen LogP contribution in [0.25, 0.3) is 0 Å². The van der Waals surface area contributed by atoms with E-state index in [1.54, 1.807) is 23.6 Å². The van der Waals surface area contributed by atoms with Gasteiger partial charge in [0.15, 0.2) is 0 Å². The minimum atomic E-state index is 0.598. The SMILES string of the molecule is CN(CCc1cccs1)c1ccc(C#N)cn1. The zero-order valence-corrected chi connectivity index (χ0v) is 10.4. The van der Waals surface area contributed by atoms with Gasteiger partial charge in [-0.2, -0.15) is 5.26 Å². The minimum absolute atomic E-state index is 0.598. The van der Waals surface area contributed by atoms with E-state index in [9.17, 15) is 0 Å². The van der Waals surface area contributed by atoms with Crippen LogP contribution < -0.4 is 4.90 Å². The average Bonchev–Trinajstić information content (AvgIpc) is 2.89. The van der Waals surface area contributed by atoms with Gasteiger partial charge in [0, 0.05) is 24.7 Å². The van der Waals surface area contributed by atoms with Gasteiger partial charge in [-0.1, -0.05) is 6.07 Å². The molecule has 0 spiro atoms. The fourth-order valence-corrected chi connectivity index (χ4v) is 2.22. The molecule has 2 aromatic rings. The highest BCUT2D eigenvalue weighted by molar-refractivity contribution is 7.09. The lowest BCUT2D eigenvalue weighted by Crippen LogP contribution is -2.20. The third kappa shape index (κ3) is 3.05. The Labute approximate surface area is 105 Å². The number of likely N-dealkylation sites (N-methyl/N-ethyl adjacent to an activating group) is 1. The maximum Gasteiger partial charge on any atom is 0.128 e. The van der Waals surface area contributed by atoms with Crippen molar-refractivity contribution in [2.45, 2.75) is 6.42 Å². The standard InChI is InChI=1S/C13H13N3S/c1-16(7-6-12-3-2-8-17-12)13-5-4-11(9-14)10-15-13/h2-5,8,10H,6-7H2,1H3. The molecule has 0 unspecified atom stereocenters. The summed E-state index contributed by atoms with van der Waals surface area (Å²) in [4.78, 5) is 7.73. The van der Waals surface area contributed by atoms with Gasteiger partial charge in [0.05, 0.1) is 5.56 Å². The molecule has 0 radical (unpaired) electrons. The Morgan fingerprint density at radius 3 is 2.88 bits per heavy atom. The third-order valence-corrected chi connectivity index (χ3v) is 3.48. The van der Waals surface area contributed by atoms with Crippen LogP contribution in [0.2, 0.25) is 0 Å². The van der Waals surface area contributed by atoms with Gasteiger partial charge in [0.25, 0.3) is 0 Å². The summed E-state index contributed by atoms with van der Waals surface area (Å²) < 4.78 is 0. The van der Waals surface area contributed by atoms with Crippen LogP contribution in [-0.2, 0) is 6.42 Å². The van der Waals surface area contributed by atoms with E-state index in [0.29, 0.717) is 5.56 Å². The number of aromatic nitrogens is 1. The Balaban J connectivity index is 1.95. The van der Waals surface area contributed by atoms with E-state index >= 15 is 0 Å². The molecule has 0 saturated heterocycles. The molecule has 2 aromatic heterocycles. The van der Waals surface area contributed by atoms with E-state index < -0.39 is 0 Å². The van der Waals surface area contributed by atoms with Gasteiger partial charge in [-0.15, -0.1) is 11.3 Å². The smallest absolute Gasteiger partial charge is 0.128 e. The van der Waals surface area contributed by atoms with Gasteiger partial charge < -0.3 is 4.90 Å². The Hall–Kier alpha value is -1.86. The highest BCUT2D eigenvalue weighted by atomic mass is 32.1. The predicted octanol–water partition coefficient (Wildman–Crippen LogP) is 2.69. The summed E-state index contributed by atoms with van der Waals surface area (Å²) in [5.41, 5.74) is 0.598. The molecule has 0 saturated carbocycles. The lowest BCUT2D eigenvalue weighted by atomic mass is 10.3. The number of pyridine rings is 1. The van der Waals surface area contributed by atoms with Crippen LogP contribution in [0.15, 0.2) is 35.8 Å². The largest absolute Gasteiger partial charge is 0.359 e. The molecule has 0 aliphatic heterocycles. The lowest BCUT2D eigenvalue weighted by Gasteiger charge is -2.17. The molecule has 0 aliphatic rings. The van der Waals surface area contributed by atoms with E-state index in [1.165, 1.54) is 4.88 Å². The molecule has 86 valence electrons. The van der Waals surface area contributed by atoms with Gasteiger partial charge in [0.2, 0.25) is 0 Å². The number of nitriles is 1. The van der Waals surface area contributed by atoms with E-state index in [-0.39, 0.29) is 0 Å². The maximum atomic E-state index is 8.69. The van der Waals surface area contributed by atoms with E-state index in [4.69, 9.17) is 5.26 Å². The maximum absolute atomic E-state index is 8.69. The van der Waals surface area contributed by atoms with Crippen LogP contribution in [-0.4, -0.2) is 18.6 Å². The Kier molecular flexibility index (Phi) is 3.73. The van der Waals surface area contributed by atoms with Crippen molar-refractivity contribution in [2.24, 2.45) is 0 Å². The molecule has 17 heavy (non-hydrogen) atoms. The molecule has 0 bridgehead atoms. The summed E-state index contributed by atoms with van der Waals surface area (Å²) in [5, 5.41) is 10.8. The number of hydrogen-bond donors (Lipinski definition) is 0. The second-order valence-corrected chi connectivity index (χ2v) is 4.80. The number of anilines is 1. The second-order valence-electron chi connectivity index (χ2n) is 3.77. The molecule has 0 N–H and O–H groups in total. The number of thiophene rings is 1. The molecule has 2 heterocycles. The van der Waals surface area contributed by atoms with Crippen LogP contribution in [0.1, 0.15) is 10.4 Å². The first-order valence-electron chi connectivity index (χ1n) is 5.39. The summed E-state index contributed by atoms with van der Waals surface area (Å²) in [6.45, 7) is 0.930. The summed E-state index contributed by atoms with van der Waals surface area (Å²) in [5.74, 6) is 0.903. The molecule has 0 aromatic carbocycles. The monoisotopic (exact) mass is 243 g/mol.